The number of hydrogen-bond donors (Lipinski definition) is 1. The fourth-order valence-corrected chi connectivity index (χ4v) is 4.30. The van der Waals surface area contributed by atoms with Crippen LogP contribution in [0, 0.1) is 5.92 Å². The number of rotatable bonds is 5. The van der Waals surface area contributed by atoms with Crippen LogP contribution < -0.4 is 5.73 Å². The van der Waals surface area contributed by atoms with E-state index in [1.54, 1.807) is 0 Å². The number of ether oxygens (including phenoxy) is 2. The molecule has 19 heavy (non-hydrogen) atoms. The molecule has 3 unspecified atom stereocenters. The summed E-state index contributed by atoms with van der Waals surface area (Å²) in [6, 6.07) is 0.571. The van der Waals surface area contributed by atoms with Crippen LogP contribution in [-0.4, -0.2) is 56.0 Å². The van der Waals surface area contributed by atoms with E-state index in [1.165, 1.54) is 38.5 Å². The molecule has 3 atom stereocenters. The Morgan fingerprint density at radius 2 is 2.05 bits per heavy atom. The number of fused-ring (bicyclic) bond motifs is 1. The minimum absolute atomic E-state index is 0.0682. The summed E-state index contributed by atoms with van der Waals surface area (Å²) in [5, 5.41) is 0. The van der Waals surface area contributed by atoms with Gasteiger partial charge in [0, 0.05) is 26.2 Å². The van der Waals surface area contributed by atoms with Crippen molar-refractivity contribution >= 4 is 0 Å². The van der Waals surface area contributed by atoms with Crippen molar-refractivity contribution in [1.82, 2.24) is 4.90 Å². The molecule has 1 saturated heterocycles. The van der Waals surface area contributed by atoms with Crippen molar-refractivity contribution in [3.8, 4) is 0 Å². The van der Waals surface area contributed by atoms with Gasteiger partial charge in [0.15, 0.2) is 0 Å². The topological polar surface area (TPSA) is 47.7 Å². The molecule has 4 nitrogen and oxygen atoms in total. The third-order valence-corrected chi connectivity index (χ3v) is 5.39. The Labute approximate surface area is 116 Å². The van der Waals surface area contributed by atoms with E-state index in [2.05, 4.69) is 4.90 Å². The molecule has 0 aromatic rings. The first-order valence-corrected chi connectivity index (χ1v) is 7.89. The van der Waals surface area contributed by atoms with Crippen molar-refractivity contribution in [1.29, 1.82) is 0 Å². The summed E-state index contributed by atoms with van der Waals surface area (Å²) in [6.45, 7) is 3.38. The second kappa shape index (κ2) is 5.68. The molecule has 0 aromatic heterocycles. The molecule has 1 heterocycles. The van der Waals surface area contributed by atoms with Gasteiger partial charge in [-0.15, -0.1) is 0 Å². The molecular formula is C15H28N2O2. The van der Waals surface area contributed by atoms with E-state index in [0.717, 1.165) is 25.7 Å². The van der Waals surface area contributed by atoms with Crippen LogP contribution in [0.3, 0.4) is 0 Å². The molecule has 0 aromatic carbocycles. The highest BCUT2D eigenvalue weighted by molar-refractivity contribution is 5.07. The summed E-state index contributed by atoms with van der Waals surface area (Å²) >= 11 is 0. The van der Waals surface area contributed by atoms with E-state index < -0.39 is 0 Å². The summed E-state index contributed by atoms with van der Waals surface area (Å²) in [7, 11) is 1.81. The van der Waals surface area contributed by atoms with Gasteiger partial charge in [-0.3, -0.25) is 4.90 Å². The molecule has 0 radical (unpaired) electrons. The van der Waals surface area contributed by atoms with Gasteiger partial charge in [-0.2, -0.15) is 0 Å². The van der Waals surface area contributed by atoms with E-state index in [0.29, 0.717) is 18.7 Å². The Kier molecular flexibility index (Phi) is 4.13. The number of nitrogens with zero attached hydrogens (tertiary/aromatic N) is 1. The van der Waals surface area contributed by atoms with Crippen molar-refractivity contribution in [2.45, 2.75) is 56.2 Å². The summed E-state index contributed by atoms with van der Waals surface area (Å²) in [5.41, 5.74) is 6.29. The lowest BCUT2D eigenvalue weighted by molar-refractivity contribution is -0.142. The lowest BCUT2D eigenvalue weighted by Crippen LogP contribution is -2.67. The van der Waals surface area contributed by atoms with E-state index >= 15 is 0 Å². The molecule has 2 aliphatic carbocycles. The van der Waals surface area contributed by atoms with Gasteiger partial charge in [-0.1, -0.05) is 12.8 Å². The highest BCUT2D eigenvalue weighted by Crippen LogP contribution is 2.46. The Hall–Kier alpha value is -0.160. The van der Waals surface area contributed by atoms with E-state index in [-0.39, 0.29) is 5.54 Å². The average molecular weight is 268 g/mol. The standard InChI is InChI=1S/C15H28N2O2/c1-18-11-15(10-16,12-6-7-12)17-8-9-19-14-5-3-2-4-13(14)17/h12-14H,2-11,16H2,1H3. The first kappa shape index (κ1) is 13.8. The maximum Gasteiger partial charge on any atom is 0.0731 e. The molecule has 3 aliphatic rings. The van der Waals surface area contributed by atoms with Gasteiger partial charge in [0.2, 0.25) is 0 Å². The highest BCUT2D eigenvalue weighted by Gasteiger charge is 2.52. The Morgan fingerprint density at radius 1 is 1.26 bits per heavy atom. The van der Waals surface area contributed by atoms with E-state index in [9.17, 15) is 0 Å². The third-order valence-electron chi connectivity index (χ3n) is 5.39. The van der Waals surface area contributed by atoms with Gasteiger partial charge in [-0.25, -0.2) is 0 Å². The predicted octanol–water partition coefficient (Wildman–Crippen LogP) is 1.38. The van der Waals surface area contributed by atoms with Crippen LogP contribution in [0.25, 0.3) is 0 Å². The van der Waals surface area contributed by atoms with Crippen LogP contribution in [-0.2, 0) is 9.47 Å². The molecular weight excluding hydrogens is 240 g/mol. The SMILES string of the molecule is COCC(CN)(C1CC1)N1CCOC2CCCCC21. The van der Waals surface area contributed by atoms with Gasteiger partial charge in [0.1, 0.15) is 0 Å². The van der Waals surface area contributed by atoms with Crippen LogP contribution in [0.4, 0.5) is 0 Å². The van der Waals surface area contributed by atoms with Crippen molar-refractivity contribution in [3.63, 3.8) is 0 Å². The van der Waals surface area contributed by atoms with Gasteiger partial charge < -0.3 is 15.2 Å². The van der Waals surface area contributed by atoms with Crippen molar-refractivity contribution in [3.05, 3.63) is 0 Å². The lowest BCUT2D eigenvalue weighted by Gasteiger charge is -2.53. The summed E-state index contributed by atoms with van der Waals surface area (Å²) in [5.74, 6) is 0.734. The Bertz CT molecular complexity index is 307. The largest absolute Gasteiger partial charge is 0.383 e. The molecule has 2 saturated carbocycles. The molecule has 110 valence electrons. The van der Waals surface area contributed by atoms with Gasteiger partial charge in [-0.05, 0) is 31.6 Å². The molecule has 1 aliphatic heterocycles. The maximum absolute atomic E-state index is 6.22. The molecule has 0 spiro atoms. The molecule has 4 heteroatoms. The molecule has 3 fully saturated rings. The number of morpholine rings is 1. The quantitative estimate of drug-likeness (QED) is 0.818. The minimum atomic E-state index is 0.0682. The van der Waals surface area contributed by atoms with Crippen LogP contribution >= 0.6 is 0 Å². The zero-order chi connectivity index (χ0) is 13.3. The second-order valence-electron chi connectivity index (χ2n) is 6.47. The zero-order valence-corrected chi connectivity index (χ0v) is 12.1. The minimum Gasteiger partial charge on any atom is -0.383 e. The van der Waals surface area contributed by atoms with Crippen LogP contribution in [0.15, 0.2) is 0 Å². The van der Waals surface area contributed by atoms with Crippen molar-refractivity contribution in [2.75, 3.05) is 33.4 Å². The number of nitrogens with two attached hydrogens (primary N) is 1. The Morgan fingerprint density at radius 3 is 2.74 bits per heavy atom. The van der Waals surface area contributed by atoms with Gasteiger partial charge in [0.05, 0.1) is 24.9 Å². The smallest absolute Gasteiger partial charge is 0.0731 e. The summed E-state index contributed by atoms with van der Waals surface area (Å²) < 4.78 is 11.6. The third kappa shape index (κ3) is 2.44. The van der Waals surface area contributed by atoms with Crippen molar-refractivity contribution in [2.24, 2.45) is 11.7 Å². The van der Waals surface area contributed by atoms with Crippen LogP contribution in [0.1, 0.15) is 38.5 Å². The number of methoxy groups -OCH3 is 1. The lowest BCUT2D eigenvalue weighted by atomic mass is 9.83. The fraction of sp³-hybridized carbons (Fsp3) is 1.00. The maximum atomic E-state index is 6.22. The van der Waals surface area contributed by atoms with E-state index in [4.69, 9.17) is 15.2 Å². The summed E-state index contributed by atoms with van der Waals surface area (Å²) in [4.78, 5) is 2.68. The highest BCUT2D eigenvalue weighted by atomic mass is 16.5. The predicted molar refractivity (Wildman–Crippen MR) is 75.1 cm³/mol. The molecule has 3 rings (SSSR count). The molecule has 2 N–H and O–H groups in total. The van der Waals surface area contributed by atoms with Crippen LogP contribution in [0.5, 0.6) is 0 Å². The van der Waals surface area contributed by atoms with E-state index in [1.807, 2.05) is 7.11 Å². The average Bonchev–Trinajstić information content (AvgIpc) is 3.29. The summed E-state index contributed by atoms with van der Waals surface area (Å²) in [6.07, 6.45) is 8.20. The monoisotopic (exact) mass is 268 g/mol. The fourth-order valence-electron chi connectivity index (χ4n) is 4.30. The first-order valence-electron chi connectivity index (χ1n) is 7.89. The second-order valence-corrected chi connectivity index (χ2v) is 6.47. The van der Waals surface area contributed by atoms with Crippen LogP contribution in [0.2, 0.25) is 0 Å². The number of hydrogen-bond acceptors (Lipinski definition) is 4. The Balaban J connectivity index is 1.83. The zero-order valence-electron chi connectivity index (χ0n) is 12.1. The normalized spacial score (nSPS) is 35.7. The molecule has 0 bridgehead atoms. The van der Waals surface area contributed by atoms with Crippen molar-refractivity contribution < 1.29 is 9.47 Å². The van der Waals surface area contributed by atoms with Gasteiger partial charge in [0.25, 0.3) is 0 Å². The molecule has 0 amide bonds. The first-order chi connectivity index (χ1) is 9.31. The van der Waals surface area contributed by atoms with Gasteiger partial charge >= 0.3 is 0 Å².